The van der Waals surface area contributed by atoms with Crippen molar-refractivity contribution in [2.45, 2.75) is 0 Å². The largest absolute Gasteiger partial charge is 0.279 e. The van der Waals surface area contributed by atoms with Gasteiger partial charge in [0.2, 0.25) is 5.78 Å². The minimum atomic E-state index is -0.981. The molecule has 1 aromatic rings. The van der Waals surface area contributed by atoms with Gasteiger partial charge in [0.25, 0.3) is 0 Å². The standard InChI is InChI=1S/C9H4F2O/c1-2-8(12)9-6(10)4-3-5-7(9)11/h1,3-5H. The van der Waals surface area contributed by atoms with E-state index < -0.39 is 23.0 Å². The van der Waals surface area contributed by atoms with Crippen LogP contribution in [0.2, 0.25) is 0 Å². The average Bonchev–Trinajstić information content (AvgIpc) is 2.03. The highest BCUT2D eigenvalue weighted by atomic mass is 19.1. The van der Waals surface area contributed by atoms with E-state index in [1.807, 2.05) is 0 Å². The summed E-state index contributed by atoms with van der Waals surface area (Å²) in [6, 6.07) is 3.12. The van der Waals surface area contributed by atoms with Gasteiger partial charge in [0.05, 0.1) is 0 Å². The van der Waals surface area contributed by atoms with Gasteiger partial charge in [0.1, 0.15) is 17.2 Å². The minimum Gasteiger partial charge on any atom is -0.279 e. The average molecular weight is 166 g/mol. The lowest BCUT2D eigenvalue weighted by Crippen LogP contribution is -2.02. The summed E-state index contributed by atoms with van der Waals surface area (Å²) in [4.78, 5) is 10.7. The Bertz CT molecular complexity index is 343. The van der Waals surface area contributed by atoms with Crippen molar-refractivity contribution in [3.63, 3.8) is 0 Å². The highest BCUT2D eigenvalue weighted by molar-refractivity contribution is 6.08. The molecule has 0 fully saturated rings. The topological polar surface area (TPSA) is 17.1 Å². The van der Waals surface area contributed by atoms with E-state index in [1.165, 1.54) is 0 Å². The van der Waals surface area contributed by atoms with Crippen LogP contribution in [0.1, 0.15) is 10.4 Å². The molecule has 60 valence electrons. The van der Waals surface area contributed by atoms with Gasteiger partial charge >= 0.3 is 0 Å². The smallest absolute Gasteiger partial charge is 0.241 e. The first-order valence-corrected chi connectivity index (χ1v) is 3.11. The molecule has 12 heavy (non-hydrogen) atoms. The zero-order valence-electron chi connectivity index (χ0n) is 5.97. The number of rotatable bonds is 1. The Labute approximate surface area is 68.0 Å². The number of hydrogen-bond donors (Lipinski definition) is 0. The molecule has 0 spiro atoms. The molecule has 0 aliphatic heterocycles. The Balaban J connectivity index is 3.33. The number of Topliss-reactive ketones (excluding diaryl/α,β-unsaturated/α-hetero) is 1. The van der Waals surface area contributed by atoms with Gasteiger partial charge in [0.15, 0.2) is 0 Å². The fraction of sp³-hybridized carbons (Fsp3) is 0. The molecular formula is C9H4F2O. The van der Waals surface area contributed by atoms with Crippen LogP contribution in [0.15, 0.2) is 18.2 Å². The fourth-order valence-corrected chi connectivity index (χ4v) is 0.787. The SMILES string of the molecule is C#CC(=O)c1c(F)cccc1F. The lowest BCUT2D eigenvalue weighted by Gasteiger charge is -1.97. The van der Waals surface area contributed by atoms with Crippen molar-refractivity contribution in [1.82, 2.24) is 0 Å². The first-order chi connectivity index (χ1) is 5.66. The maximum Gasteiger partial charge on any atom is 0.241 e. The van der Waals surface area contributed by atoms with Gasteiger partial charge in [-0.25, -0.2) is 8.78 Å². The Kier molecular flexibility index (Phi) is 2.20. The molecule has 0 saturated carbocycles. The molecule has 0 radical (unpaired) electrons. The molecule has 0 aliphatic carbocycles. The zero-order valence-corrected chi connectivity index (χ0v) is 5.97. The molecule has 1 aromatic carbocycles. The van der Waals surface area contributed by atoms with Crippen LogP contribution in [0.3, 0.4) is 0 Å². The highest BCUT2D eigenvalue weighted by Gasteiger charge is 2.13. The number of carbonyl (C=O) groups excluding carboxylic acids is 1. The Morgan fingerprint density at radius 3 is 2.25 bits per heavy atom. The maximum atomic E-state index is 12.7. The Morgan fingerprint density at radius 2 is 1.83 bits per heavy atom. The maximum absolute atomic E-state index is 12.7. The molecule has 0 aliphatic rings. The molecule has 1 nitrogen and oxygen atoms in total. The molecule has 0 bridgehead atoms. The molecule has 0 amide bonds. The number of terminal acetylenes is 1. The summed E-state index contributed by atoms with van der Waals surface area (Å²) in [6.45, 7) is 0. The summed E-state index contributed by atoms with van der Waals surface area (Å²) in [5.41, 5.74) is -0.667. The minimum absolute atomic E-state index is 0.667. The van der Waals surface area contributed by atoms with Crippen LogP contribution in [0.4, 0.5) is 8.78 Å². The normalized spacial score (nSPS) is 9.08. The highest BCUT2D eigenvalue weighted by Crippen LogP contribution is 2.11. The van der Waals surface area contributed by atoms with E-state index in [1.54, 1.807) is 5.92 Å². The second-order valence-corrected chi connectivity index (χ2v) is 2.07. The lowest BCUT2D eigenvalue weighted by molar-refractivity contribution is 0.104. The molecule has 0 aromatic heterocycles. The van der Waals surface area contributed by atoms with E-state index in [2.05, 4.69) is 0 Å². The van der Waals surface area contributed by atoms with Crippen molar-refractivity contribution in [2.24, 2.45) is 0 Å². The predicted octanol–water partition coefficient (Wildman–Crippen LogP) is 1.78. The van der Waals surface area contributed by atoms with Crippen molar-refractivity contribution in [2.75, 3.05) is 0 Å². The number of carbonyl (C=O) groups is 1. The third-order valence-electron chi connectivity index (χ3n) is 1.32. The molecule has 0 saturated heterocycles. The second-order valence-electron chi connectivity index (χ2n) is 2.07. The van der Waals surface area contributed by atoms with E-state index in [4.69, 9.17) is 6.42 Å². The summed E-state index contributed by atoms with van der Waals surface area (Å²) >= 11 is 0. The third-order valence-corrected chi connectivity index (χ3v) is 1.32. The summed E-state index contributed by atoms with van der Waals surface area (Å²) in [7, 11) is 0. The molecule has 0 N–H and O–H groups in total. The van der Waals surface area contributed by atoms with E-state index in [0.717, 1.165) is 18.2 Å². The van der Waals surface area contributed by atoms with Crippen molar-refractivity contribution < 1.29 is 13.6 Å². The summed E-state index contributed by atoms with van der Waals surface area (Å²) < 4.78 is 25.5. The van der Waals surface area contributed by atoms with Crippen LogP contribution in [0, 0.1) is 24.0 Å². The van der Waals surface area contributed by atoms with Gasteiger partial charge in [-0.1, -0.05) is 6.07 Å². The lowest BCUT2D eigenvalue weighted by atomic mass is 10.1. The van der Waals surface area contributed by atoms with Crippen LogP contribution in [-0.4, -0.2) is 5.78 Å². The van der Waals surface area contributed by atoms with Crippen molar-refractivity contribution in [1.29, 1.82) is 0 Å². The number of hydrogen-bond acceptors (Lipinski definition) is 1. The summed E-state index contributed by atoms with van der Waals surface area (Å²) in [5.74, 6) is -1.20. The Hall–Kier alpha value is -1.69. The van der Waals surface area contributed by atoms with Crippen molar-refractivity contribution >= 4 is 5.78 Å². The van der Waals surface area contributed by atoms with Crippen LogP contribution < -0.4 is 0 Å². The van der Waals surface area contributed by atoms with Gasteiger partial charge in [-0.2, -0.15) is 0 Å². The van der Waals surface area contributed by atoms with Gasteiger partial charge in [-0.05, 0) is 18.1 Å². The van der Waals surface area contributed by atoms with E-state index in [0.29, 0.717) is 0 Å². The van der Waals surface area contributed by atoms with Gasteiger partial charge in [-0.15, -0.1) is 6.42 Å². The van der Waals surface area contributed by atoms with Crippen molar-refractivity contribution in [3.8, 4) is 12.3 Å². The molecule has 0 heterocycles. The van der Waals surface area contributed by atoms with Gasteiger partial charge < -0.3 is 0 Å². The summed E-state index contributed by atoms with van der Waals surface area (Å²) in [5, 5.41) is 0. The molecule has 1 rings (SSSR count). The monoisotopic (exact) mass is 166 g/mol. The molecule has 3 heteroatoms. The van der Waals surface area contributed by atoms with Crippen LogP contribution in [-0.2, 0) is 0 Å². The molecule has 0 unspecified atom stereocenters. The molecule has 0 atom stereocenters. The summed E-state index contributed by atoms with van der Waals surface area (Å²) in [6.07, 6.45) is 4.71. The fourth-order valence-electron chi connectivity index (χ4n) is 0.787. The number of ketones is 1. The Morgan fingerprint density at radius 1 is 1.33 bits per heavy atom. The second kappa shape index (κ2) is 3.14. The molecular weight excluding hydrogens is 162 g/mol. The first kappa shape index (κ1) is 8.41. The zero-order chi connectivity index (χ0) is 9.14. The van der Waals surface area contributed by atoms with Crippen molar-refractivity contribution in [3.05, 3.63) is 35.4 Å². The number of benzene rings is 1. The number of halogens is 2. The third kappa shape index (κ3) is 1.32. The predicted molar refractivity (Wildman–Crippen MR) is 39.5 cm³/mol. The van der Waals surface area contributed by atoms with Crippen LogP contribution >= 0.6 is 0 Å². The quantitative estimate of drug-likeness (QED) is 0.353. The van der Waals surface area contributed by atoms with Gasteiger partial charge in [-0.3, -0.25) is 4.79 Å². The van der Waals surface area contributed by atoms with E-state index in [-0.39, 0.29) is 0 Å². The first-order valence-electron chi connectivity index (χ1n) is 3.11. The van der Waals surface area contributed by atoms with E-state index >= 15 is 0 Å². The van der Waals surface area contributed by atoms with Crippen LogP contribution in [0.5, 0.6) is 0 Å². The van der Waals surface area contributed by atoms with Crippen LogP contribution in [0.25, 0.3) is 0 Å². The van der Waals surface area contributed by atoms with Gasteiger partial charge in [0, 0.05) is 0 Å². The van der Waals surface area contributed by atoms with E-state index in [9.17, 15) is 13.6 Å².